The number of hydrogen-bond donors (Lipinski definition) is 0. The number of carbonyl (C=O) groups is 1. The van der Waals surface area contributed by atoms with Gasteiger partial charge in [-0.2, -0.15) is 5.26 Å². The molecule has 0 N–H and O–H groups in total. The van der Waals surface area contributed by atoms with Crippen molar-refractivity contribution in [1.29, 1.82) is 5.26 Å². The van der Waals surface area contributed by atoms with E-state index in [-0.39, 0.29) is 23.5 Å². The summed E-state index contributed by atoms with van der Waals surface area (Å²) in [5.74, 6) is -2.33. The first-order chi connectivity index (χ1) is 14.8. The summed E-state index contributed by atoms with van der Waals surface area (Å²) in [7, 11) is 0. The molecule has 0 saturated carbocycles. The lowest BCUT2D eigenvalue weighted by atomic mass is 9.90. The first-order valence-electron chi connectivity index (χ1n) is 10.0. The minimum atomic E-state index is -3.10. The molecular formula is C25H23F2NO3. The second-order valence-electron chi connectivity index (χ2n) is 7.19. The van der Waals surface area contributed by atoms with Gasteiger partial charge in [0.1, 0.15) is 17.6 Å². The summed E-state index contributed by atoms with van der Waals surface area (Å²) in [6, 6.07) is 13.4. The predicted octanol–water partition coefficient (Wildman–Crippen LogP) is 6.19. The van der Waals surface area contributed by atoms with Crippen LogP contribution in [0.25, 0.3) is 0 Å². The highest BCUT2D eigenvalue weighted by Gasteiger charge is 2.36. The first kappa shape index (κ1) is 22.2. The highest BCUT2D eigenvalue weighted by molar-refractivity contribution is 5.99. The Morgan fingerprint density at radius 1 is 1.32 bits per heavy atom. The fraction of sp³-hybridized carbons (Fsp3) is 0.280. The van der Waals surface area contributed by atoms with Gasteiger partial charge in [-0.05, 0) is 36.8 Å². The molecule has 0 aromatic heterocycles. The molecule has 2 aromatic rings. The number of rotatable bonds is 7. The second kappa shape index (κ2) is 9.13. The lowest BCUT2D eigenvalue weighted by Gasteiger charge is -2.28. The summed E-state index contributed by atoms with van der Waals surface area (Å²) in [4.78, 5) is 12.0. The minimum absolute atomic E-state index is 0.0125. The van der Waals surface area contributed by atoms with E-state index in [1.807, 2.05) is 6.07 Å². The fourth-order valence-corrected chi connectivity index (χ4v) is 3.40. The maximum absolute atomic E-state index is 14.5. The number of nitriles is 1. The van der Waals surface area contributed by atoms with Crippen molar-refractivity contribution >= 4 is 5.78 Å². The highest BCUT2D eigenvalue weighted by atomic mass is 19.3. The van der Waals surface area contributed by atoms with Crippen LogP contribution in [0.2, 0.25) is 0 Å². The molecule has 0 saturated heterocycles. The third-order valence-corrected chi connectivity index (χ3v) is 5.26. The summed E-state index contributed by atoms with van der Waals surface area (Å²) >= 11 is 0. The van der Waals surface area contributed by atoms with Crippen molar-refractivity contribution in [2.24, 2.45) is 0 Å². The van der Waals surface area contributed by atoms with Crippen molar-refractivity contribution in [3.8, 4) is 17.6 Å². The van der Waals surface area contributed by atoms with Gasteiger partial charge >= 0.3 is 0 Å². The van der Waals surface area contributed by atoms with Crippen LogP contribution in [-0.2, 0) is 0 Å². The number of benzene rings is 2. The molecule has 0 fully saturated rings. The molecule has 31 heavy (non-hydrogen) atoms. The lowest BCUT2D eigenvalue weighted by Crippen LogP contribution is -2.23. The molecule has 1 unspecified atom stereocenters. The number of allylic oxidation sites excluding steroid dienone is 1. The van der Waals surface area contributed by atoms with Crippen LogP contribution in [0.15, 0.2) is 66.3 Å². The monoisotopic (exact) mass is 423 g/mol. The Morgan fingerprint density at radius 2 is 2.03 bits per heavy atom. The molecule has 2 aromatic carbocycles. The van der Waals surface area contributed by atoms with Gasteiger partial charge in [0.05, 0.1) is 23.8 Å². The standard InChI is InChI=1S/C25H23F2NO3/c1-4-20(16(3)25(26,27)5-2)24(18-8-6-17(15-28)7-9-18)31-19-10-11-21-22(29)12-13-30-23(21)14-19/h4,6-11,14,24H,3,5,12-13H2,1-2H3/b20-4+. The van der Waals surface area contributed by atoms with E-state index in [9.17, 15) is 13.6 Å². The topological polar surface area (TPSA) is 59.3 Å². The smallest absolute Gasteiger partial charge is 0.272 e. The van der Waals surface area contributed by atoms with E-state index in [4.69, 9.17) is 14.7 Å². The Hall–Kier alpha value is -3.46. The van der Waals surface area contributed by atoms with Crippen LogP contribution in [0, 0.1) is 11.3 Å². The number of halogens is 2. The number of Topliss-reactive ketones (excluding diaryl/α,β-unsaturated/α-hetero) is 1. The van der Waals surface area contributed by atoms with Crippen LogP contribution >= 0.6 is 0 Å². The van der Waals surface area contributed by atoms with Crippen LogP contribution < -0.4 is 9.47 Å². The fourth-order valence-electron chi connectivity index (χ4n) is 3.40. The molecule has 1 heterocycles. The van der Waals surface area contributed by atoms with Gasteiger partial charge in [0.15, 0.2) is 5.78 Å². The Labute approximate surface area is 180 Å². The number of carbonyl (C=O) groups excluding carboxylic acids is 1. The van der Waals surface area contributed by atoms with Gasteiger partial charge in [-0.1, -0.05) is 31.7 Å². The van der Waals surface area contributed by atoms with Crippen molar-refractivity contribution in [2.45, 2.75) is 38.7 Å². The Balaban J connectivity index is 2.02. The molecule has 0 aliphatic carbocycles. The predicted molar refractivity (Wildman–Crippen MR) is 114 cm³/mol. The van der Waals surface area contributed by atoms with Crippen molar-refractivity contribution in [1.82, 2.24) is 0 Å². The Bertz CT molecular complexity index is 1070. The van der Waals surface area contributed by atoms with E-state index >= 15 is 0 Å². The van der Waals surface area contributed by atoms with Crippen LogP contribution in [-0.4, -0.2) is 18.3 Å². The van der Waals surface area contributed by atoms with Gasteiger partial charge in [0, 0.05) is 30.1 Å². The number of fused-ring (bicyclic) bond motifs is 1. The zero-order valence-corrected chi connectivity index (χ0v) is 17.5. The van der Waals surface area contributed by atoms with Crippen LogP contribution in [0.1, 0.15) is 54.3 Å². The van der Waals surface area contributed by atoms with Crippen LogP contribution in [0.3, 0.4) is 0 Å². The summed E-state index contributed by atoms with van der Waals surface area (Å²) in [5, 5.41) is 9.07. The van der Waals surface area contributed by atoms with E-state index in [1.54, 1.807) is 55.5 Å². The van der Waals surface area contributed by atoms with Gasteiger partial charge in [-0.15, -0.1) is 0 Å². The van der Waals surface area contributed by atoms with Crippen molar-refractivity contribution in [2.75, 3.05) is 6.61 Å². The average molecular weight is 423 g/mol. The van der Waals surface area contributed by atoms with Gasteiger partial charge in [0.2, 0.25) is 0 Å². The van der Waals surface area contributed by atoms with Gasteiger partial charge in [-0.25, -0.2) is 8.78 Å². The van der Waals surface area contributed by atoms with E-state index in [1.165, 1.54) is 6.92 Å². The molecule has 1 aliphatic heterocycles. The third kappa shape index (κ3) is 4.66. The molecule has 160 valence electrons. The van der Waals surface area contributed by atoms with E-state index in [0.717, 1.165) is 0 Å². The van der Waals surface area contributed by atoms with Crippen molar-refractivity contribution < 1.29 is 23.0 Å². The molecule has 6 heteroatoms. The average Bonchev–Trinajstić information content (AvgIpc) is 2.79. The van der Waals surface area contributed by atoms with Crippen molar-refractivity contribution in [3.63, 3.8) is 0 Å². The number of ketones is 1. The maximum Gasteiger partial charge on any atom is 0.272 e. The largest absolute Gasteiger partial charge is 0.492 e. The van der Waals surface area contributed by atoms with E-state index in [2.05, 4.69) is 6.58 Å². The quantitative estimate of drug-likeness (QED) is 0.498. The molecule has 1 atom stereocenters. The summed E-state index contributed by atoms with van der Waals surface area (Å²) in [5.41, 5.74) is 1.43. The Morgan fingerprint density at radius 3 is 2.65 bits per heavy atom. The molecule has 3 rings (SSSR count). The molecule has 0 bridgehead atoms. The molecular weight excluding hydrogens is 400 g/mol. The van der Waals surface area contributed by atoms with Gasteiger partial charge in [0.25, 0.3) is 5.92 Å². The number of nitrogens with zero attached hydrogens (tertiary/aromatic N) is 1. The summed E-state index contributed by atoms with van der Waals surface area (Å²) in [6.07, 6.45) is 0.598. The van der Waals surface area contributed by atoms with Gasteiger partial charge < -0.3 is 9.47 Å². The second-order valence-corrected chi connectivity index (χ2v) is 7.19. The van der Waals surface area contributed by atoms with Crippen molar-refractivity contribution in [3.05, 3.63) is 83.0 Å². The first-order valence-corrected chi connectivity index (χ1v) is 10.0. The molecule has 1 aliphatic rings. The van der Waals surface area contributed by atoms with E-state index in [0.29, 0.717) is 34.6 Å². The third-order valence-electron chi connectivity index (χ3n) is 5.26. The zero-order valence-electron chi connectivity index (χ0n) is 17.5. The molecule has 4 nitrogen and oxygen atoms in total. The van der Waals surface area contributed by atoms with Crippen LogP contribution in [0.5, 0.6) is 11.5 Å². The molecule has 0 radical (unpaired) electrons. The SMILES string of the molecule is C=C(/C(=C\C)C(Oc1ccc2c(c1)OCCC2=O)c1ccc(C#N)cc1)C(F)(F)CC. The maximum atomic E-state index is 14.5. The molecule has 0 amide bonds. The number of alkyl halides is 2. The normalized spacial score (nSPS) is 14.8. The molecule has 0 spiro atoms. The van der Waals surface area contributed by atoms with Gasteiger partial charge in [-0.3, -0.25) is 4.79 Å². The Kier molecular flexibility index (Phi) is 6.55. The number of hydrogen-bond acceptors (Lipinski definition) is 4. The lowest BCUT2D eigenvalue weighted by molar-refractivity contribution is 0.0374. The minimum Gasteiger partial charge on any atom is -0.492 e. The highest BCUT2D eigenvalue weighted by Crippen LogP contribution is 2.40. The zero-order chi connectivity index (χ0) is 22.6. The van der Waals surface area contributed by atoms with Crippen LogP contribution in [0.4, 0.5) is 8.78 Å². The summed E-state index contributed by atoms with van der Waals surface area (Å²) < 4.78 is 40.7. The van der Waals surface area contributed by atoms with E-state index < -0.39 is 18.4 Å². The summed E-state index contributed by atoms with van der Waals surface area (Å²) in [6.45, 7) is 6.99. The number of ether oxygens (including phenoxy) is 2.